The first-order valence-electron chi connectivity index (χ1n) is 4.80. The van der Waals surface area contributed by atoms with Gasteiger partial charge in [-0.1, -0.05) is 0 Å². The molecule has 2 aromatic rings. The predicted octanol–water partition coefficient (Wildman–Crippen LogP) is 2.08. The molecule has 6 heteroatoms. The summed E-state index contributed by atoms with van der Waals surface area (Å²) in [5.41, 5.74) is 0.732. The first-order valence-corrected chi connectivity index (χ1v) is 4.80. The van der Waals surface area contributed by atoms with Crippen molar-refractivity contribution in [2.75, 3.05) is 0 Å². The van der Waals surface area contributed by atoms with Crippen LogP contribution in [-0.4, -0.2) is 9.49 Å². The van der Waals surface area contributed by atoms with Gasteiger partial charge in [0.15, 0.2) is 5.58 Å². The summed E-state index contributed by atoms with van der Waals surface area (Å²) in [6, 6.07) is 4.10. The van der Waals surface area contributed by atoms with Crippen molar-refractivity contribution in [3.05, 3.63) is 38.9 Å². The van der Waals surface area contributed by atoms with Crippen LogP contribution in [0, 0.1) is 10.1 Å². The summed E-state index contributed by atoms with van der Waals surface area (Å²) in [7, 11) is 0. The molecule has 0 saturated carbocycles. The zero-order valence-corrected chi connectivity index (χ0v) is 8.84. The van der Waals surface area contributed by atoms with E-state index in [0.717, 1.165) is 0 Å². The summed E-state index contributed by atoms with van der Waals surface area (Å²) >= 11 is 0. The highest BCUT2D eigenvalue weighted by molar-refractivity contribution is 5.75. The van der Waals surface area contributed by atoms with Crippen LogP contribution in [0.3, 0.4) is 0 Å². The van der Waals surface area contributed by atoms with E-state index in [4.69, 9.17) is 4.42 Å². The molecule has 0 bridgehead atoms. The number of nitrogens with zero attached hydrogens (tertiary/aromatic N) is 2. The first kappa shape index (κ1) is 10.4. The summed E-state index contributed by atoms with van der Waals surface area (Å²) in [6.07, 6.45) is 0. The Kier molecular flexibility index (Phi) is 2.26. The van der Waals surface area contributed by atoms with Crippen molar-refractivity contribution in [3.8, 4) is 0 Å². The fraction of sp³-hybridized carbons (Fsp3) is 0.300. The van der Waals surface area contributed by atoms with Gasteiger partial charge in [-0.15, -0.1) is 0 Å². The SMILES string of the molecule is CC(C)n1c(=O)oc2cc([N+](=O)[O-])ccc21. The van der Waals surface area contributed by atoms with Gasteiger partial charge in [0.2, 0.25) is 0 Å². The van der Waals surface area contributed by atoms with Gasteiger partial charge in [-0.3, -0.25) is 14.7 Å². The Balaban J connectivity index is 2.75. The van der Waals surface area contributed by atoms with E-state index in [1.807, 2.05) is 13.8 Å². The third-order valence-corrected chi connectivity index (χ3v) is 2.32. The summed E-state index contributed by atoms with van der Waals surface area (Å²) < 4.78 is 6.41. The minimum atomic E-state index is -0.522. The lowest BCUT2D eigenvalue weighted by Crippen LogP contribution is -2.15. The third-order valence-electron chi connectivity index (χ3n) is 2.32. The van der Waals surface area contributed by atoms with Gasteiger partial charge in [-0.25, -0.2) is 4.79 Å². The largest absolute Gasteiger partial charge is 0.420 e. The van der Waals surface area contributed by atoms with E-state index in [1.54, 1.807) is 0 Å². The number of fused-ring (bicyclic) bond motifs is 1. The molecule has 0 fully saturated rings. The molecule has 16 heavy (non-hydrogen) atoms. The van der Waals surface area contributed by atoms with E-state index in [9.17, 15) is 14.9 Å². The van der Waals surface area contributed by atoms with Gasteiger partial charge in [0.05, 0.1) is 16.5 Å². The molecule has 6 nitrogen and oxygen atoms in total. The van der Waals surface area contributed by atoms with E-state index < -0.39 is 10.7 Å². The van der Waals surface area contributed by atoms with Crippen molar-refractivity contribution in [1.29, 1.82) is 0 Å². The molecule has 1 aromatic carbocycles. The monoisotopic (exact) mass is 222 g/mol. The fourth-order valence-electron chi connectivity index (χ4n) is 1.63. The molecule has 0 atom stereocenters. The van der Waals surface area contributed by atoms with Crippen LogP contribution in [0.5, 0.6) is 0 Å². The second kappa shape index (κ2) is 3.48. The van der Waals surface area contributed by atoms with E-state index in [1.165, 1.54) is 22.8 Å². The molecule has 0 radical (unpaired) electrons. The van der Waals surface area contributed by atoms with Crippen LogP contribution in [0.25, 0.3) is 11.1 Å². The first-order chi connectivity index (χ1) is 7.50. The smallest absolute Gasteiger partial charge is 0.407 e. The van der Waals surface area contributed by atoms with Crippen LogP contribution < -0.4 is 5.76 Å². The van der Waals surface area contributed by atoms with E-state index >= 15 is 0 Å². The maximum absolute atomic E-state index is 11.5. The minimum Gasteiger partial charge on any atom is -0.407 e. The van der Waals surface area contributed by atoms with Crippen LogP contribution in [0.2, 0.25) is 0 Å². The van der Waals surface area contributed by atoms with Gasteiger partial charge in [-0.05, 0) is 19.9 Å². The summed E-state index contributed by atoms with van der Waals surface area (Å²) in [5, 5.41) is 10.5. The third kappa shape index (κ3) is 1.48. The van der Waals surface area contributed by atoms with Crippen molar-refractivity contribution in [3.63, 3.8) is 0 Å². The predicted molar refractivity (Wildman–Crippen MR) is 57.5 cm³/mol. The molecule has 84 valence electrons. The highest BCUT2D eigenvalue weighted by atomic mass is 16.6. The standard InChI is InChI=1S/C10H10N2O4/c1-6(2)11-8-4-3-7(12(14)15)5-9(8)16-10(11)13/h3-6H,1-2H3. The summed E-state index contributed by atoms with van der Waals surface area (Å²) in [5.74, 6) is -0.495. The summed E-state index contributed by atoms with van der Waals surface area (Å²) in [6.45, 7) is 3.69. The lowest BCUT2D eigenvalue weighted by Gasteiger charge is -2.04. The van der Waals surface area contributed by atoms with Crippen molar-refractivity contribution in [2.45, 2.75) is 19.9 Å². The number of hydrogen-bond acceptors (Lipinski definition) is 4. The van der Waals surface area contributed by atoms with Crippen molar-refractivity contribution < 1.29 is 9.34 Å². The second-order valence-corrected chi connectivity index (χ2v) is 3.74. The number of nitro benzene ring substituents is 1. The Hall–Kier alpha value is -2.11. The zero-order valence-electron chi connectivity index (χ0n) is 8.84. The lowest BCUT2D eigenvalue weighted by atomic mass is 10.2. The van der Waals surface area contributed by atoms with E-state index in [-0.39, 0.29) is 17.3 Å². The molecular formula is C10H10N2O4. The Morgan fingerprint density at radius 3 is 2.69 bits per heavy atom. The quantitative estimate of drug-likeness (QED) is 0.575. The van der Waals surface area contributed by atoms with Crippen molar-refractivity contribution in [2.24, 2.45) is 0 Å². The molecule has 1 heterocycles. The summed E-state index contributed by atoms with van der Waals surface area (Å²) in [4.78, 5) is 21.5. The van der Waals surface area contributed by atoms with Gasteiger partial charge >= 0.3 is 5.76 Å². The van der Waals surface area contributed by atoms with Gasteiger partial charge in [0, 0.05) is 12.1 Å². The van der Waals surface area contributed by atoms with Gasteiger partial charge in [-0.2, -0.15) is 0 Å². The lowest BCUT2D eigenvalue weighted by molar-refractivity contribution is -0.384. The number of non-ortho nitro benzene ring substituents is 1. The molecule has 0 amide bonds. The number of aromatic nitrogens is 1. The maximum atomic E-state index is 11.5. The molecule has 0 spiro atoms. The van der Waals surface area contributed by atoms with E-state index in [2.05, 4.69) is 0 Å². The van der Waals surface area contributed by atoms with Gasteiger partial charge < -0.3 is 4.42 Å². The molecule has 0 aliphatic heterocycles. The van der Waals surface area contributed by atoms with E-state index in [0.29, 0.717) is 5.52 Å². The number of hydrogen-bond donors (Lipinski definition) is 0. The van der Waals surface area contributed by atoms with Crippen molar-refractivity contribution in [1.82, 2.24) is 4.57 Å². The number of rotatable bonds is 2. The number of oxazole rings is 1. The van der Waals surface area contributed by atoms with Gasteiger partial charge in [0.25, 0.3) is 5.69 Å². The number of nitro groups is 1. The molecule has 0 aliphatic carbocycles. The molecule has 0 unspecified atom stereocenters. The molecule has 0 N–H and O–H groups in total. The average Bonchev–Trinajstić information content (AvgIpc) is 2.51. The highest BCUT2D eigenvalue weighted by Gasteiger charge is 2.15. The van der Waals surface area contributed by atoms with Crippen LogP contribution in [0.15, 0.2) is 27.4 Å². The average molecular weight is 222 g/mol. The van der Waals surface area contributed by atoms with Crippen LogP contribution in [-0.2, 0) is 0 Å². The Bertz CT molecular complexity index is 609. The Labute approximate surface area is 90.2 Å². The zero-order chi connectivity index (χ0) is 11.9. The molecular weight excluding hydrogens is 212 g/mol. The van der Waals surface area contributed by atoms with Crippen molar-refractivity contribution >= 4 is 16.8 Å². The molecule has 2 rings (SSSR count). The maximum Gasteiger partial charge on any atom is 0.420 e. The minimum absolute atomic E-state index is 0.0461. The normalized spacial score (nSPS) is 11.2. The van der Waals surface area contributed by atoms with Crippen LogP contribution in [0.4, 0.5) is 5.69 Å². The molecule has 1 aromatic heterocycles. The molecule has 0 aliphatic rings. The fourth-order valence-corrected chi connectivity index (χ4v) is 1.63. The van der Waals surface area contributed by atoms with Crippen LogP contribution >= 0.6 is 0 Å². The van der Waals surface area contributed by atoms with Crippen LogP contribution in [0.1, 0.15) is 19.9 Å². The second-order valence-electron chi connectivity index (χ2n) is 3.74. The molecule has 0 saturated heterocycles. The van der Waals surface area contributed by atoms with Gasteiger partial charge in [0.1, 0.15) is 0 Å². The topological polar surface area (TPSA) is 78.3 Å². The highest BCUT2D eigenvalue weighted by Crippen LogP contribution is 2.21. The Morgan fingerprint density at radius 1 is 1.44 bits per heavy atom. The number of benzene rings is 1. The Morgan fingerprint density at radius 2 is 2.12 bits per heavy atom.